The number of piperazine rings is 1. The standard InChI is InChI=1S/C25H26ClFN4O/c1-17(26)25(32)31-13-11-30(12-14-31)24-22(15-19-7-4-3-5-8-19)18(2)28-23(29-24)20-9-6-10-21(27)16-20/h3-10,16-17H,11-15H2,1-2H3/t17-/m1/s1. The van der Waals surface area contributed by atoms with Gasteiger partial charge in [-0.25, -0.2) is 14.4 Å². The number of carbonyl (C=O) groups excluding carboxylic acids is 1. The van der Waals surface area contributed by atoms with Crippen molar-refractivity contribution in [2.75, 3.05) is 31.1 Å². The fourth-order valence-corrected chi connectivity index (χ4v) is 4.13. The first-order valence-electron chi connectivity index (χ1n) is 10.8. The summed E-state index contributed by atoms with van der Waals surface area (Å²) in [5.41, 5.74) is 3.72. The average molecular weight is 453 g/mol. The SMILES string of the molecule is Cc1nc(-c2cccc(F)c2)nc(N2CCN(C(=O)[C@@H](C)Cl)CC2)c1Cc1ccccc1. The predicted octanol–water partition coefficient (Wildman–Crippen LogP) is 4.46. The van der Waals surface area contributed by atoms with Crippen LogP contribution in [0.1, 0.15) is 23.7 Å². The topological polar surface area (TPSA) is 49.3 Å². The number of benzene rings is 2. The van der Waals surface area contributed by atoms with E-state index in [1.54, 1.807) is 17.9 Å². The second-order valence-electron chi connectivity index (χ2n) is 8.04. The normalized spacial score (nSPS) is 15.0. The predicted molar refractivity (Wildman–Crippen MR) is 126 cm³/mol. The van der Waals surface area contributed by atoms with Crippen LogP contribution in [0.5, 0.6) is 0 Å². The summed E-state index contributed by atoms with van der Waals surface area (Å²) < 4.78 is 13.8. The van der Waals surface area contributed by atoms with Crippen LogP contribution in [-0.2, 0) is 11.2 Å². The highest BCUT2D eigenvalue weighted by Crippen LogP contribution is 2.28. The summed E-state index contributed by atoms with van der Waals surface area (Å²) in [5.74, 6) is 0.976. The lowest BCUT2D eigenvalue weighted by Crippen LogP contribution is -2.51. The summed E-state index contributed by atoms with van der Waals surface area (Å²) >= 11 is 6.00. The Balaban J connectivity index is 1.70. The van der Waals surface area contributed by atoms with E-state index in [-0.39, 0.29) is 11.7 Å². The fraction of sp³-hybridized carbons (Fsp3) is 0.320. The molecular formula is C25H26ClFN4O. The van der Waals surface area contributed by atoms with Gasteiger partial charge in [0.25, 0.3) is 0 Å². The summed E-state index contributed by atoms with van der Waals surface area (Å²) in [6, 6.07) is 16.5. The molecule has 4 rings (SSSR count). The largest absolute Gasteiger partial charge is 0.353 e. The molecule has 2 heterocycles. The molecule has 0 saturated carbocycles. The highest BCUT2D eigenvalue weighted by Gasteiger charge is 2.27. The third-order valence-corrected chi connectivity index (χ3v) is 5.92. The van der Waals surface area contributed by atoms with Crippen molar-refractivity contribution in [3.63, 3.8) is 0 Å². The Kier molecular flexibility index (Phi) is 6.70. The van der Waals surface area contributed by atoms with Crippen LogP contribution in [0.3, 0.4) is 0 Å². The lowest BCUT2D eigenvalue weighted by Gasteiger charge is -2.37. The van der Waals surface area contributed by atoms with Crippen LogP contribution in [0.4, 0.5) is 10.2 Å². The summed E-state index contributed by atoms with van der Waals surface area (Å²) in [5, 5.41) is -0.531. The van der Waals surface area contributed by atoms with Crippen LogP contribution in [0.25, 0.3) is 11.4 Å². The number of amides is 1. The summed E-state index contributed by atoms with van der Waals surface area (Å²) in [6.45, 7) is 6.14. The lowest BCUT2D eigenvalue weighted by atomic mass is 10.0. The van der Waals surface area contributed by atoms with Crippen LogP contribution >= 0.6 is 11.6 Å². The number of rotatable bonds is 5. The van der Waals surface area contributed by atoms with Crippen molar-refractivity contribution in [2.45, 2.75) is 25.6 Å². The molecule has 5 nitrogen and oxygen atoms in total. The molecule has 1 fully saturated rings. The van der Waals surface area contributed by atoms with Crippen molar-refractivity contribution in [3.05, 3.63) is 77.2 Å². The van der Waals surface area contributed by atoms with Crippen LogP contribution in [-0.4, -0.2) is 52.3 Å². The van der Waals surface area contributed by atoms with E-state index in [1.165, 1.54) is 17.7 Å². The minimum Gasteiger partial charge on any atom is -0.353 e. The Morgan fingerprint density at radius 1 is 1.06 bits per heavy atom. The third kappa shape index (κ3) is 4.91. The molecule has 2 aromatic carbocycles. The van der Waals surface area contributed by atoms with Crippen LogP contribution in [0.15, 0.2) is 54.6 Å². The van der Waals surface area contributed by atoms with Crippen LogP contribution in [0, 0.1) is 12.7 Å². The van der Waals surface area contributed by atoms with E-state index in [2.05, 4.69) is 17.0 Å². The lowest BCUT2D eigenvalue weighted by molar-refractivity contribution is -0.130. The molecule has 1 aliphatic rings. The Hall–Kier alpha value is -2.99. The molecule has 0 N–H and O–H groups in total. The molecule has 1 aromatic heterocycles. The van der Waals surface area contributed by atoms with Gasteiger partial charge in [0.1, 0.15) is 17.0 Å². The molecule has 1 saturated heterocycles. The number of nitrogens with zero attached hydrogens (tertiary/aromatic N) is 4. The molecule has 3 aromatic rings. The highest BCUT2D eigenvalue weighted by molar-refractivity contribution is 6.30. The number of aryl methyl sites for hydroxylation is 1. The summed E-state index contributed by atoms with van der Waals surface area (Å²) in [7, 11) is 0. The zero-order valence-corrected chi connectivity index (χ0v) is 19.0. The van der Waals surface area contributed by atoms with E-state index in [1.807, 2.05) is 31.2 Å². The van der Waals surface area contributed by atoms with E-state index < -0.39 is 5.38 Å². The molecule has 0 radical (unpaired) electrons. The van der Waals surface area contributed by atoms with E-state index in [9.17, 15) is 9.18 Å². The molecule has 32 heavy (non-hydrogen) atoms. The van der Waals surface area contributed by atoms with E-state index in [4.69, 9.17) is 21.6 Å². The number of hydrogen-bond donors (Lipinski definition) is 0. The van der Waals surface area contributed by atoms with Crippen LogP contribution < -0.4 is 4.90 Å². The Labute approximate surface area is 192 Å². The van der Waals surface area contributed by atoms with E-state index in [0.717, 1.165) is 17.1 Å². The van der Waals surface area contributed by atoms with Crippen LogP contribution in [0.2, 0.25) is 0 Å². The zero-order chi connectivity index (χ0) is 22.7. The fourth-order valence-electron chi connectivity index (χ4n) is 4.00. The number of alkyl halides is 1. The highest BCUT2D eigenvalue weighted by atomic mass is 35.5. The van der Waals surface area contributed by atoms with Gasteiger partial charge in [-0.1, -0.05) is 42.5 Å². The first-order chi connectivity index (χ1) is 15.4. The molecule has 1 amide bonds. The molecule has 1 aliphatic heterocycles. The average Bonchev–Trinajstić information content (AvgIpc) is 2.80. The van der Waals surface area contributed by atoms with Gasteiger partial charge in [0.15, 0.2) is 5.82 Å². The maximum atomic E-state index is 13.8. The van der Waals surface area contributed by atoms with Crippen molar-refractivity contribution in [1.29, 1.82) is 0 Å². The second kappa shape index (κ2) is 9.65. The van der Waals surface area contributed by atoms with Gasteiger partial charge in [0, 0.05) is 49.4 Å². The smallest absolute Gasteiger partial charge is 0.240 e. The van der Waals surface area contributed by atoms with Gasteiger partial charge >= 0.3 is 0 Å². The number of anilines is 1. The minimum absolute atomic E-state index is 0.0462. The number of carbonyl (C=O) groups is 1. The molecule has 166 valence electrons. The first-order valence-corrected chi connectivity index (χ1v) is 11.2. The number of halogens is 2. The van der Waals surface area contributed by atoms with Crippen molar-refractivity contribution >= 4 is 23.3 Å². The molecule has 0 bridgehead atoms. The zero-order valence-electron chi connectivity index (χ0n) is 18.3. The summed E-state index contributed by atoms with van der Waals surface area (Å²) in [6.07, 6.45) is 0.698. The molecule has 0 aliphatic carbocycles. The maximum absolute atomic E-state index is 13.8. The Morgan fingerprint density at radius 3 is 2.44 bits per heavy atom. The number of hydrogen-bond acceptors (Lipinski definition) is 4. The first kappa shape index (κ1) is 22.2. The molecule has 7 heteroatoms. The number of aromatic nitrogens is 2. The minimum atomic E-state index is -0.531. The van der Waals surface area contributed by atoms with E-state index >= 15 is 0 Å². The molecule has 0 unspecified atom stereocenters. The monoisotopic (exact) mass is 452 g/mol. The van der Waals surface area contributed by atoms with Gasteiger partial charge in [-0.2, -0.15) is 0 Å². The van der Waals surface area contributed by atoms with Crippen molar-refractivity contribution < 1.29 is 9.18 Å². The van der Waals surface area contributed by atoms with E-state index in [0.29, 0.717) is 44.0 Å². The van der Waals surface area contributed by atoms with Gasteiger partial charge < -0.3 is 9.80 Å². The van der Waals surface area contributed by atoms with Crippen molar-refractivity contribution in [2.24, 2.45) is 0 Å². The maximum Gasteiger partial charge on any atom is 0.240 e. The van der Waals surface area contributed by atoms with Gasteiger partial charge in [-0.3, -0.25) is 4.79 Å². The molecule has 1 atom stereocenters. The second-order valence-corrected chi connectivity index (χ2v) is 8.69. The van der Waals surface area contributed by atoms with Crippen molar-refractivity contribution in [3.8, 4) is 11.4 Å². The Morgan fingerprint density at radius 2 is 1.78 bits per heavy atom. The molecule has 0 spiro atoms. The quantitative estimate of drug-likeness (QED) is 0.536. The third-order valence-electron chi connectivity index (χ3n) is 5.73. The van der Waals surface area contributed by atoms with Gasteiger partial charge in [0.05, 0.1) is 0 Å². The molecular weight excluding hydrogens is 427 g/mol. The van der Waals surface area contributed by atoms with Gasteiger partial charge in [-0.05, 0) is 31.5 Å². The van der Waals surface area contributed by atoms with Crippen molar-refractivity contribution in [1.82, 2.24) is 14.9 Å². The van der Waals surface area contributed by atoms with Gasteiger partial charge in [-0.15, -0.1) is 11.6 Å². The van der Waals surface area contributed by atoms with Gasteiger partial charge in [0.2, 0.25) is 5.91 Å². The Bertz CT molecular complexity index is 1100. The summed E-state index contributed by atoms with van der Waals surface area (Å²) in [4.78, 5) is 25.9.